The number of hydrogen-bond acceptors (Lipinski definition) is 2. The minimum absolute atomic E-state index is 0.494. The zero-order valence-electron chi connectivity index (χ0n) is 10.0. The van der Waals surface area contributed by atoms with Crippen molar-refractivity contribution in [3.05, 3.63) is 23.8 Å². The Morgan fingerprint density at radius 2 is 2.33 bits per heavy atom. The summed E-state index contributed by atoms with van der Waals surface area (Å²) in [5.74, 6) is 0.721. The summed E-state index contributed by atoms with van der Waals surface area (Å²) in [6.07, 6.45) is 5.16. The molecule has 0 radical (unpaired) electrons. The molecular weight excluding hydrogens is 186 g/mol. The van der Waals surface area contributed by atoms with Crippen molar-refractivity contribution in [2.24, 2.45) is 11.1 Å². The predicted octanol–water partition coefficient (Wildman–Crippen LogP) is 3.70. The third-order valence-electron chi connectivity index (χ3n) is 2.75. The molecule has 0 aromatic carbocycles. The Morgan fingerprint density at radius 1 is 1.60 bits per heavy atom. The van der Waals surface area contributed by atoms with E-state index in [0.29, 0.717) is 6.61 Å². The molecule has 0 aromatic heterocycles. The van der Waals surface area contributed by atoms with Gasteiger partial charge in [-0.05, 0) is 44.6 Å². The number of rotatable bonds is 3. The first kappa shape index (κ1) is 12.0. The molecule has 0 heterocycles. The molecular formula is C13H21NO. The van der Waals surface area contributed by atoms with Crippen LogP contribution in [-0.2, 0) is 4.84 Å². The molecule has 1 atom stereocenters. The summed E-state index contributed by atoms with van der Waals surface area (Å²) >= 11 is 0. The topological polar surface area (TPSA) is 21.6 Å². The van der Waals surface area contributed by atoms with Crippen molar-refractivity contribution in [1.29, 1.82) is 0 Å². The van der Waals surface area contributed by atoms with Gasteiger partial charge in [0.25, 0.3) is 0 Å². The van der Waals surface area contributed by atoms with E-state index in [9.17, 15) is 0 Å². The van der Waals surface area contributed by atoms with E-state index in [-0.39, 0.29) is 0 Å². The Labute approximate surface area is 92.7 Å². The SMILES string of the molecule is C=CCO/N=C1\C[C@H](C)CCC1=C(C)C. The van der Waals surface area contributed by atoms with Gasteiger partial charge in [0.2, 0.25) is 0 Å². The van der Waals surface area contributed by atoms with E-state index in [0.717, 1.165) is 24.5 Å². The number of nitrogens with zero attached hydrogens (tertiary/aromatic N) is 1. The van der Waals surface area contributed by atoms with Gasteiger partial charge in [-0.1, -0.05) is 30.3 Å². The predicted molar refractivity (Wildman–Crippen MR) is 65.0 cm³/mol. The second-order valence-corrected chi connectivity index (χ2v) is 4.45. The smallest absolute Gasteiger partial charge is 0.135 e. The van der Waals surface area contributed by atoms with Gasteiger partial charge >= 0.3 is 0 Å². The lowest BCUT2D eigenvalue weighted by atomic mass is 9.84. The zero-order valence-corrected chi connectivity index (χ0v) is 10.0. The van der Waals surface area contributed by atoms with Crippen LogP contribution in [0, 0.1) is 5.92 Å². The Balaban J connectivity index is 2.75. The van der Waals surface area contributed by atoms with Crippen molar-refractivity contribution in [2.45, 2.75) is 40.0 Å². The van der Waals surface area contributed by atoms with Crippen molar-refractivity contribution in [2.75, 3.05) is 6.61 Å². The van der Waals surface area contributed by atoms with Crippen LogP contribution >= 0.6 is 0 Å². The molecule has 1 rings (SSSR count). The molecule has 0 saturated heterocycles. The summed E-state index contributed by atoms with van der Waals surface area (Å²) in [5.41, 5.74) is 3.88. The highest BCUT2D eigenvalue weighted by Crippen LogP contribution is 2.28. The summed E-state index contributed by atoms with van der Waals surface area (Å²) in [7, 11) is 0. The molecule has 1 saturated carbocycles. The van der Waals surface area contributed by atoms with Crippen LogP contribution < -0.4 is 0 Å². The van der Waals surface area contributed by atoms with Gasteiger partial charge in [-0.25, -0.2) is 0 Å². The van der Waals surface area contributed by atoms with Crippen LogP contribution in [0.1, 0.15) is 40.0 Å². The standard InChI is InChI=1S/C13H21NO/c1-5-8-15-14-13-9-11(4)6-7-12(13)10(2)3/h5,11H,1,6-9H2,2-4H3/b14-13+/t11-/m1/s1. The van der Waals surface area contributed by atoms with Gasteiger partial charge in [0.05, 0.1) is 5.71 Å². The normalized spacial score (nSPS) is 24.1. The van der Waals surface area contributed by atoms with Gasteiger partial charge in [-0.15, -0.1) is 0 Å². The van der Waals surface area contributed by atoms with Crippen molar-refractivity contribution in [3.63, 3.8) is 0 Å². The van der Waals surface area contributed by atoms with Gasteiger partial charge in [-0.2, -0.15) is 0 Å². The average Bonchev–Trinajstić information content (AvgIpc) is 2.18. The fourth-order valence-corrected chi connectivity index (χ4v) is 1.89. The zero-order chi connectivity index (χ0) is 11.3. The van der Waals surface area contributed by atoms with E-state index in [1.807, 2.05) is 0 Å². The first-order valence-corrected chi connectivity index (χ1v) is 5.61. The molecule has 0 spiro atoms. The van der Waals surface area contributed by atoms with Gasteiger partial charge in [0, 0.05) is 0 Å². The maximum atomic E-state index is 5.19. The summed E-state index contributed by atoms with van der Waals surface area (Å²) in [5, 5.41) is 4.21. The van der Waals surface area contributed by atoms with Gasteiger partial charge in [-0.3, -0.25) is 0 Å². The molecule has 15 heavy (non-hydrogen) atoms. The molecule has 0 N–H and O–H groups in total. The Bertz CT molecular complexity index is 285. The van der Waals surface area contributed by atoms with E-state index < -0.39 is 0 Å². The van der Waals surface area contributed by atoms with Crippen LogP contribution in [0.2, 0.25) is 0 Å². The second-order valence-electron chi connectivity index (χ2n) is 4.45. The van der Waals surface area contributed by atoms with Crippen LogP contribution in [-0.4, -0.2) is 12.3 Å². The highest BCUT2D eigenvalue weighted by Gasteiger charge is 2.20. The largest absolute Gasteiger partial charge is 0.391 e. The van der Waals surface area contributed by atoms with Crippen molar-refractivity contribution < 1.29 is 4.84 Å². The quantitative estimate of drug-likeness (QED) is 0.393. The maximum Gasteiger partial charge on any atom is 0.135 e. The van der Waals surface area contributed by atoms with Gasteiger partial charge in [0.15, 0.2) is 0 Å². The van der Waals surface area contributed by atoms with Crippen molar-refractivity contribution in [1.82, 2.24) is 0 Å². The number of allylic oxidation sites excluding steroid dienone is 2. The molecule has 2 heteroatoms. The highest BCUT2D eigenvalue weighted by atomic mass is 16.6. The van der Waals surface area contributed by atoms with E-state index >= 15 is 0 Å². The fourth-order valence-electron chi connectivity index (χ4n) is 1.89. The molecule has 0 unspecified atom stereocenters. The lowest BCUT2D eigenvalue weighted by Crippen LogP contribution is -2.17. The summed E-state index contributed by atoms with van der Waals surface area (Å²) in [6, 6.07) is 0. The summed E-state index contributed by atoms with van der Waals surface area (Å²) in [6.45, 7) is 10.7. The second kappa shape index (κ2) is 5.74. The number of hydrogen-bond donors (Lipinski definition) is 0. The van der Waals surface area contributed by atoms with Crippen LogP contribution in [0.3, 0.4) is 0 Å². The molecule has 1 aliphatic rings. The first-order chi connectivity index (χ1) is 7.15. The van der Waals surface area contributed by atoms with Crippen LogP contribution in [0.25, 0.3) is 0 Å². The average molecular weight is 207 g/mol. The third-order valence-corrected chi connectivity index (χ3v) is 2.75. The van der Waals surface area contributed by atoms with Crippen LogP contribution in [0.15, 0.2) is 29.0 Å². The number of oxime groups is 1. The summed E-state index contributed by atoms with van der Waals surface area (Å²) < 4.78 is 0. The third kappa shape index (κ3) is 3.54. The van der Waals surface area contributed by atoms with E-state index in [1.54, 1.807) is 6.08 Å². The van der Waals surface area contributed by atoms with Gasteiger partial charge < -0.3 is 4.84 Å². The molecule has 0 aliphatic heterocycles. The lowest BCUT2D eigenvalue weighted by Gasteiger charge is -2.23. The minimum Gasteiger partial charge on any atom is -0.391 e. The fraction of sp³-hybridized carbons (Fsp3) is 0.615. The molecule has 1 aliphatic carbocycles. The van der Waals surface area contributed by atoms with Crippen molar-refractivity contribution >= 4 is 5.71 Å². The molecule has 1 fully saturated rings. The lowest BCUT2D eigenvalue weighted by molar-refractivity contribution is 0.173. The van der Waals surface area contributed by atoms with Gasteiger partial charge in [0.1, 0.15) is 6.61 Å². The van der Waals surface area contributed by atoms with E-state index in [2.05, 4.69) is 32.5 Å². The summed E-state index contributed by atoms with van der Waals surface area (Å²) in [4.78, 5) is 5.19. The molecule has 0 aromatic rings. The maximum absolute atomic E-state index is 5.19. The van der Waals surface area contributed by atoms with Crippen molar-refractivity contribution in [3.8, 4) is 0 Å². The minimum atomic E-state index is 0.494. The molecule has 84 valence electrons. The highest BCUT2D eigenvalue weighted by molar-refractivity contribution is 6.01. The molecule has 0 bridgehead atoms. The Hall–Kier alpha value is -1.05. The molecule has 2 nitrogen and oxygen atoms in total. The Morgan fingerprint density at radius 3 is 2.93 bits per heavy atom. The van der Waals surface area contributed by atoms with Crippen LogP contribution in [0.4, 0.5) is 0 Å². The van der Waals surface area contributed by atoms with Crippen LogP contribution in [0.5, 0.6) is 0 Å². The van der Waals surface area contributed by atoms with E-state index in [4.69, 9.17) is 4.84 Å². The Kier molecular flexibility index (Phi) is 4.60. The first-order valence-electron chi connectivity index (χ1n) is 5.61. The molecule has 0 amide bonds. The monoisotopic (exact) mass is 207 g/mol. The van der Waals surface area contributed by atoms with E-state index in [1.165, 1.54) is 17.6 Å².